The van der Waals surface area contributed by atoms with Gasteiger partial charge in [-0.1, -0.05) is 0 Å². The molecule has 0 saturated carbocycles. The third-order valence-corrected chi connectivity index (χ3v) is 5.47. The van der Waals surface area contributed by atoms with Gasteiger partial charge in [0, 0.05) is 37.1 Å². The zero-order valence-electron chi connectivity index (χ0n) is 15.0. The van der Waals surface area contributed by atoms with Gasteiger partial charge >= 0.3 is 6.03 Å². The SMILES string of the molecule is O=C1CN(c2ccc(C(=O)NC3CCOC4(CCOCC4)C3)cc2)C(=O)N1. The van der Waals surface area contributed by atoms with Crippen LogP contribution in [0.25, 0.3) is 0 Å². The summed E-state index contributed by atoms with van der Waals surface area (Å²) in [4.78, 5) is 37.0. The summed E-state index contributed by atoms with van der Waals surface area (Å²) < 4.78 is 11.4. The Morgan fingerprint density at radius 1 is 1.15 bits per heavy atom. The van der Waals surface area contributed by atoms with Crippen molar-refractivity contribution in [3.8, 4) is 0 Å². The molecule has 3 heterocycles. The van der Waals surface area contributed by atoms with Crippen molar-refractivity contribution < 1.29 is 23.9 Å². The average Bonchev–Trinajstić information content (AvgIpc) is 3.01. The van der Waals surface area contributed by atoms with Gasteiger partial charge in [0.2, 0.25) is 5.91 Å². The molecule has 8 nitrogen and oxygen atoms in total. The maximum Gasteiger partial charge on any atom is 0.329 e. The highest BCUT2D eigenvalue weighted by molar-refractivity contribution is 6.12. The summed E-state index contributed by atoms with van der Waals surface area (Å²) >= 11 is 0. The van der Waals surface area contributed by atoms with E-state index in [4.69, 9.17) is 9.47 Å². The molecule has 2 N–H and O–H groups in total. The van der Waals surface area contributed by atoms with Crippen molar-refractivity contribution in [2.75, 3.05) is 31.3 Å². The summed E-state index contributed by atoms with van der Waals surface area (Å²) in [6, 6.07) is 6.33. The predicted molar refractivity (Wildman–Crippen MR) is 96.6 cm³/mol. The number of benzene rings is 1. The highest BCUT2D eigenvalue weighted by atomic mass is 16.5. The molecular weight excluding hydrogens is 350 g/mol. The van der Waals surface area contributed by atoms with E-state index in [0.29, 0.717) is 31.1 Å². The molecule has 1 spiro atoms. The lowest BCUT2D eigenvalue weighted by Gasteiger charge is -2.43. The van der Waals surface area contributed by atoms with Crippen molar-refractivity contribution in [3.05, 3.63) is 29.8 Å². The molecule has 0 aromatic heterocycles. The average molecular weight is 373 g/mol. The molecule has 3 saturated heterocycles. The van der Waals surface area contributed by atoms with E-state index in [2.05, 4.69) is 10.6 Å². The van der Waals surface area contributed by atoms with Gasteiger partial charge in [-0.15, -0.1) is 0 Å². The van der Waals surface area contributed by atoms with Crippen molar-refractivity contribution >= 4 is 23.5 Å². The Bertz CT molecular complexity index is 737. The van der Waals surface area contributed by atoms with Gasteiger partial charge in [0.1, 0.15) is 6.54 Å². The van der Waals surface area contributed by atoms with Crippen molar-refractivity contribution in [2.45, 2.75) is 37.3 Å². The number of urea groups is 1. The van der Waals surface area contributed by atoms with Gasteiger partial charge in [-0.05, 0) is 49.9 Å². The van der Waals surface area contributed by atoms with Gasteiger partial charge in [-0.25, -0.2) is 4.79 Å². The smallest absolute Gasteiger partial charge is 0.329 e. The molecule has 3 fully saturated rings. The second kappa shape index (κ2) is 7.28. The molecule has 144 valence electrons. The lowest BCUT2D eigenvalue weighted by atomic mass is 9.84. The van der Waals surface area contributed by atoms with Gasteiger partial charge in [0.25, 0.3) is 5.91 Å². The van der Waals surface area contributed by atoms with Crippen LogP contribution in [0.3, 0.4) is 0 Å². The largest absolute Gasteiger partial charge is 0.381 e. The fourth-order valence-electron chi connectivity index (χ4n) is 3.95. The molecule has 1 aromatic rings. The minimum Gasteiger partial charge on any atom is -0.381 e. The van der Waals surface area contributed by atoms with Crippen molar-refractivity contribution in [1.29, 1.82) is 0 Å². The van der Waals surface area contributed by atoms with Gasteiger partial charge < -0.3 is 14.8 Å². The minimum atomic E-state index is -0.443. The predicted octanol–water partition coefficient (Wildman–Crippen LogP) is 1.20. The van der Waals surface area contributed by atoms with Crippen LogP contribution in [-0.4, -0.2) is 55.9 Å². The Hall–Kier alpha value is -2.45. The second-order valence-corrected chi connectivity index (χ2v) is 7.29. The van der Waals surface area contributed by atoms with Crippen LogP contribution in [0.4, 0.5) is 10.5 Å². The zero-order chi connectivity index (χ0) is 18.9. The second-order valence-electron chi connectivity index (χ2n) is 7.29. The summed E-state index contributed by atoms with van der Waals surface area (Å²) in [5.41, 5.74) is 0.938. The molecule has 3 aliphatic rings. The molecule has 0 bridgehead atoms. The molecule has 1 aromatic carbocycles. The van der Waals surface area contributed by atoms with E-state index in [1.807, 2.05) is 0 Å². The monoisotopic (exact) mass is 373 g/mol. The first-order chi connectivity index (χ1) is 13.0. The number of hydrogen-bond donors (Lipinski definition) is 2. The quantitative estimate of drug-likeness (QED) is 0.776. The highest BCUT2D eigenvalue weighted by Gasteiger charge is 2.39. The van der Waals surface area contributed by atoms with E-state index in [1.54, 1.807) is 24.3 Å². The van der Waals surface area contributed by atoms with E-state index in [9.17, 15) is 14.4 Å². The van der Waals surface area contributed by atoms with Crippen LogP contribution in [0.15, 0.2) is 24.3 Å². The van der Waals surface area contributed by atoms with Crippen LogP contribution in [0.5, 0.6) is 0 Å². The minimum absolute atomic E-state index is 0.00174. The van der Waals surface area contributed by atoms with Crippen LogP contribution in [0.2, 0.25) is 0 Å². The standard InChI is InChI=1S/C19H23N3O5/c23-16-12-22(18(25)21-16)15-3-1-13(2-4-15)17(24)20-14-5-8-27-19(11-14)6-9-26-10-7-19/h1-4,14H,5-12H2,(H,20,24)(H,21,23,25). The first-order valence-corrected chi connectivity index (χ1v) is 9.29. The molecule has 1 unspecified atom stereocenters. The van der Waals surface area contributed by atoms with E-state index < -0.39 is 6.03 Å². The first kappa shape index (κ1) is 17.9. The van der Waals surface area contributed by atoms with Crippen LogP contribution < -0.4 is 15.5 Å². The lowest BCUT2D eigenvalue weighted by Crippen LogP contribution is -2.51. The number of rotatable bonds is 3. The molecule has 0 aliphatic carbocycles. The fraction of sp³-hybridized carbons (Fsp3) is 0.526. The Labute approximate surface area is 157 Å². The van der Waals surface area contributed by atoms with E-state index in [-0.39, 0.29) is 30.0 Å². The summed E-state index contributed by atoms with van der Waals surface area (Å²) in [6.45, 7) is 2.05. The lowest BCUT2D eigenvalue weighted by molar-refractivity contribution is -0.139. The summed E-state index contributed by atoms with van der Waals surface area (Å²) in [7, 11) is 0. The fourth-order valence-corrected chi connectivity index (χ4v) is 3.95. The number of anilines is 1. The number of amides is 4. The molecular formula is C19H23N3O5. The van der Waals surface area contributed by atoms with Gasteiger partial charge in [-0.2, -0.15) is 0 Å². The van der Waals surface area contributed by atoms with Crippen LogP contribution in [0.1, 0.15) is 36.0 Å². The molecule has 3 aliphatic heterocycles. The summed E-state index contributed by atoms with van der Waals surface area (Å²) in [5.74, 6) is -0.471. The number of nitrogens with zero attached hydrogens (tertiary/aromatic N) is 1. The highest BCUT2D eigenvalue weighted by Crippen LogP contribution is 2.34. The zero-order valence-corrected chi connectivity index (χ0v) is 15.0. The molecule has 1 atom stereocenters. The van der Waals surface area contributed by atoms with Crippen LogP contribution in [-0.2, 0) is 14.3 Å². The number of hydrogen-bond acceptors (Lipinski definition) is 5. The van der Waals surface area contributed by atoms with Crippen LogP contribution >= 0.6 is 0 Å². The Morgan fingerprint density at radius 3 is 2.56 bits per heavy atom. The number of carbonyl (C=O) groups excluding carboxylic acids is 3. The summed E-state index contributed by atoms with van der Waals surface area (Å²) in [5, 5.41) is 5.34. The molecule has 4 amide bonds. The van der Waals surface area contributed by atoms with Gasteiger partial charge in [0.05, 0.1) is 5.60 Å². The van der Waals surface area contributed by atoms with Crippen LogP contribution in [0, 0.1) is 0 Å². The van der Waals surface area contributed by atoms with E-state index in [1.165, 1.54) is 4.90 Å². The topological polar surface area (TPSA) is 97.0 Å². The number of imide groups is 1. The Morgan fingerprint density at radius 2 is 1.89 bits per heavy atom. The molecule has 27 heavy (non-hydrogen) atoms. The van der Waals surface area contributed by atoms with Gasteiger partial charge in [-0.3, -0.25) is 19.8 Å². The first-order valence-electron chi connectivity index (χ1n) is 9.29. The van der Waals surface area contributed by atoms with Crippen molar-refractivity contribution in [1.82, 2.24) is 10.6 Å². The maximum absolute atomic E-state index is 12.6. The number of ether oxygens (including phenoxy) is 2. The van der Waals surface area contributed by atoms with Crippen molar-refractivity contribution in [2.24, 2.45) is 0 Å². The number of carbonyl (C=O) groups is 3. The third kappa shape index (κ3) is 3.81. The Kier molecular flexibility index (Phi) is 4.84. The Balaban J connectivity index is 1.38. The molecule has 4 rings (SSSR count). The van der Waals surface area contributed by atoms with Crippen molar-refractivity contribution in [3.63, 3.8) is 0 Å². The third-order valence-electron chi connectivity index (χ3n) is 5.47. The van der Waals surface area contributed by atoms with E-state index >= 15 is 0 Å². The number of nitrogens with one attached hydrogen (secondary N) is 2. The maximum atomic E-state index is 12.6. The molecule has 0 radical (unpaired) electrons. The normalized spacial score (nSPS) is 24.7. The molecule has 8 heteroatoms. The van der Waals surface area contributed by atoms with E-state index in [0.717, 1.165) is 25.7 Å². The van der Waals surface area contributed by atoms with Gasteiger partial charge in [0.15, 0.2) is 0 Å². The summed E-state index contributed by atoms with van der Waals surface area (Å²) in [6.07, 6.45) is 3.33.